The predicted molar refractivity (Wildman–Crippen MR) is 136 cm³/mol. The standard InChI is InChI=1S/C21H22ClFN4.C4H4O4/c1-27(2)13-3-12-24-21-18-14-16(22)7-10-19(18)25-20(26-21)11-6-15-4-8-17(23)9-5-15;5-3(6)1-2-4(7)8/h4-11,14H,3,12-13H2,1-2H3,(H,24,25,26);1-2H,(H,5,6)(H,7,8)/b11-6+;2-1+. The minimum Gasteiger partial charge on any atom is -0.478 e. The van der Waals surface area contributed by atoms with Gasteiger partial charge in [-0.05, 0) is 69.0 Å². The van der Waals surface area contributed by atoms with Crippen LogP contribution in [0.4, 0.5) is 10.2 Å². The summed E-state index contributed by atoms with van der Waals surface area (Å²) < 4.78 is 13.0. The van der Waals surface area contributed by atoms with Crippen molar-refractivity contribution >= 4 is 52.4 Å². The summed E-state index contributed by atoms with van der Waals surface area (Å²) in [6, 6.07) is 11.9. The number of carbonyl (C=O) groups is 2. The number of fused-ring (bicyclic) bond motifs is 1. The fourth-order valence-corrected chi connectivity index (χ4v) is 2.99. The molecule has 0 spiro atoms. The van der Waals surface area contributed by atoms with E-state index in [-0.39, 0.29) is 5.82 Å². The number of carboxylic acid groups (broad SMARTS) is 2. The van der Waals surface area contributed by atoms with Crippen LogP contribution >= 0.6 is 11.6 Å². The highest BCUT2D eigenvalue weighted by atomic mass is 35.5. The molecule has 0 aliphatic heterocycles. The highest BCUT2D eigenvalue weighted by Crippen LogP contribution is 2.24. The molecule has 0 aliphatic carbocycles. The summed E-state index contributed by atoms with van der Waals surface area (Å²) in [5.41, 5.74) is 1.71. The highest BCUT2D eigenvalue weighted by Gasteiger charge is 2.07. The van der Waals surface area contributed by atoms with Crippen LogP contribution in [0.2, 0.25) is 5.02 Å². The first-order valence-electron chi connectivity index (χ1n) is 10.6. The van der Waals surface area contributed by atoms with Crippen LogP contribution in [0.5, 0.6) is 0 Å². The number of carboxylic acids is 2. The topological polar surface area (TPSA) is 116 Å². The maximum Gasteiger partial charge on any atom is 0.328 e. The fraction of sp³-hybridized carbons (Fsp3) is 0.200. The van der Waals surface area contributed by atoms with E-state index in [0.717, 1.165) is 41.8 Å². The smallest absolute Gasteiger partial charge is 0.328 e. The van der Waals surface area contributed by atoms with Crippen molar-refractivity contribution < 1.29 is 24.2 Å². The molecule has 2 aromatic carbocycles. The molecule has 3 aromatic rings. The number of nitrogens with one attached hydrogen (secondary N) is 1. The Bertz CT molecular complexity index is 1200. The molecule has 0 amide bonds. The van der Waals surface area contributed by atoms with Crippen LogP contribution in [0.1, 0.15) is 17.8 Å². The van der Waals surface area contributed by atoms with Crippen LogP contribution in [-0.2, 0) is 9.59 Å². The van der Waals surface area contributed by atoms with Crippen LogP contribution in [0, 0.1) is 5.82 Å². The first-order valence-corrected chi connectivity index (χ1v) is 11.0. The summed E-state index contributed by atoms with van der Waals surface area (Å²) in [6.45, 7) is 1.80. The van der Waals surface area contributed by atoms with Gasteiger partial charge in [-0.2, -0.15) is 0 Å². The number of rotatable bonds is 9. The minimum absolute atomic E-state index is 0.254. The third-order valence-electron chi connectivity index (χ3n) is 4.41. The van der Waals surface area contributed by atoms with Crippen molar-refractivity contribution in [2.75, 3.05) is 32.5 Å². The Kier molecular flexibility index (Phi) is 10.8. The van der Waals surface area contributed by atoms with Crippen molar-refractivity contribution in [3.8, 4) is 0 Å². The molecule has 0 radical (unpaired) electrons. The lowest BCUT2D eigenvalue weighted by atomic mass is 10.2. The summed E-state index contributed by atoms with van der Waals surface area (Å²) in [7, 11) is 4.11. The van der Waals surface area contributed by atoms with Gasteiger partial charge in [-0.3, -0.25) is 0 Å². The highest BCUT2D eigenvalue weighted by molar-refractivity contribution is 6.31. The number of benzene rings is 2. The number of anilines is 1. The maximum atomic E-state index is 13.0. The molecule has 0 saturated carbocycles. The molecule has 8 nitrogen and oxygen atoms in total. The third-order valence-corrected chi connectivity index (χ3v) is 4.65. The number of hydrogen-bond donors (Lipinski definition) is 3. The monoisotopic (exact) mass is 500 g/mol. The van der Waals surface area contributed by atoms with E-state index in [2.05, 4.69) is 34.3 Å². The Morgan fingerprint density at radius 3 is 2.29 bits per heavy atom. The SMILES string of the molecule is CN(C)CCCNc1nc(/C=C/c2ccc(F)cc2)nc2ccc(Cl)cc12.O=C(O)/C=C/C(=O)O. The van der Waals surface area contributed by atoms with Crippen molar-refractivity contribution in [2.45, 2.75) is 6.42 Å². The lowest BCUT2D eigenvalue weighted by Crippen LogP contribution is -2.17. The normalized spacial score (nSPS) is 11.1. The summed E-state index contributed by atoms with van der Waals surface area (Å²) in [5.74, 6) is -1.42. The Morgan fingerprint density at radius 2 is 1.69 bits per heavy atom. The molecule has 1 aromatic heterocycles. The molecule has 1 heterocycles. The van der Waals surface area contributed by atoms with Crippen LogP contribution in [-0.4, -0.2) is 64.2 Å². The minimum atomic E-state index is -1.26. The lowest BCUT2D eigenvalue weighted by Gasteiger charge is -2.12. The average molecular weight is 501 g/mol. The number of aliphatic carboxylic acids is 2. The van der Waals surface area contributed by atoms with Crippen molar-refractivity contribution in [3.63, 3.8) is 0 Å². The van der Waals surface area contributed by atoms with Gasteiger partial charge in [0.15, 0.2) is 5.82 Å². The number of halogens is 2. The molecule has 3 N–H and O–H groups in total. The first-order chi connectivity index (χ1) is 16.6. The van der Waals surface area contributed by atoms with Gasteiger partial charge in [0.05, 0.1) is 5.52 Å². The van der Waals surface area contributed by atoms with Crippen LogP contribution < -0.4 is 5.32 Å². The first kappa shape index (κ1) is 27.4. The zero-order valence-electron chi connectivity index (χ0n) is 19.3. The van der Waals surface area contributed by atoms with E-state index in [0.29, 0.717) is 23.0 Å². The molecule has 0 fully saturated rings. The summed E-state index contributed by atoms with van der Waals surface area (Å²) in [5, 5.41) is 20.6. The molecule has 10 heteroatoms. The van der Waals surface area contributed by atoms with Gasteiger partial charge in [0.2, 0.25) is 0 Å². The summed E-state index contributed by atoms with van der Waals surface area (Å²) >= 11 is 6.15. The second-order valence-corrected chi connectivity index (χ2v) is 8.01. The van der Waals surface area contributed by atoms with E-state index in [4.69, 9.17) is 21.8 Å². The molecule has 0 unspecified atom stereocenters. The Labute approximate surface area is 207 Å². The maximum absolute atomic E-state index is 13.0. The van der Waals surface area contributed by atoms with Crippen LogP contribution in [0.15, 0.2) is 54.6 Å². The molecule has 0 atom stereocenters. The van der Waals surface area contributed by atoms with Crippen LogP contribution in [0.25, 0.3) is 23.1 Å². The van der Waals surface area contributed by atoms with Crippen molar-refractivity contribution in [1.82, 2.24) is 14.9 Å². The Hall–Kier alpha value is -3.82. The summed E-state index contributed by atoms with van der Waals surface area (Å²) in [6.07, 6.45) is 5.81. The van der Waals surface area contributed by atoms with Crippen molar-refractivity contribution in [3.05, 3.63) is 76.8 Å². The number of hydrogen-bond acceptors (Lipinski definition) is 6. The summed E-state index contributed by atoms with van der Waals surface area (Å²) in [4.78, 5) is 30.5. The van der Waals surface area contributed by atoms with Crippen molar-refractivity contribution in [2.24, 2.45) is 0 Å². The number of aromatic nitrogens is 2. The van der Waals surface area contributed by atoms with E-state index in [9.17, 15) is 14.0 Å². The Morgan fingerprint density at radius 1 is 1.03 bits per heavy atom. The van der Waals surface area contributed by atoms with Gasteiger partial charge < -0.3 is 20.4 Å². The molecule has 0 aliphatic rings. The molecule has 184 valence electrons. The van der Waals surface area contributed by atoms with Gasteiger partial charge in [-0.25, -0.2) is 23.9 Å². The second kappa shape index (κ2) is 13.8. The zero-order valence-corrected chi connectivity index (χ0v) is 20.0. The van der Waals surface area contributed by atoms with Gasteiger partial charge in [0, 0.05) is 29.1 Å². The van der Waals surface area contributed by atoms with Gasteiger partial charge >= 0.3 is 11.9 Å². The van der Waals surface area contributed by atoms with E-state index in [1.54, 1.807) is 12.1 Å². The molecule has 3 rings (SSSR count). The molecular weight excluding hydrogens is 475 g/mol. The van der Waals surface area contributed by atoms with Gasteiger partial charge in [-0.15, -0.1) is 0 Å². The van der Waals surface area contributed by atoms with Gasteiger partial charge in [-0.1, -0.05) is 29.8 Å². The molecule has 0 bridgehead atoms. The molecule has 35 heavy (non-hydrogen) atoms. The predicted octanol–water partition coefficient (Wildman–Crippen LogP) is 4.67. The van der Waals surface area contributed by atoms with E-state index in [1.165, 1.54) is 12.1 Å². The van der Waals surface area contributed by atoms with Gasteiger partial charge in [0.25, 0.3) is 0 Å². The van der Waals surface area contributed by atoms with Crippen LogP contribution in [0.3, 0.4) is 0 Å². The fourth-order valence-electron chi connectivity index (χ4n) is 2.82. The Balaban J connectivity index is 0.000000466. The molecule has 0 saturated heterocycles. The van der Waals surface area contributed by atoms with Gasteiger partial charge in [0.1, 0.15) is 11.6 Å². The van der Waals surface area contributed by atoms with E-state index >= 15 is 0 Å². The zero-order chi connectivity index (χ0) is 25.8. The largest absolute Gasteiger partial charge is 0.478 e. The van der Waals surface area contributed by atoms with E-state index < -0.39 is 11.9 Å². The number of nitrogens with zero attached hydrogens (tertiary/aromatic N) is 3. The third kappa shape index (κ3) is 10.3. The lowest BCUT2D eigenvalue weighted by molar-refractivity contribution is -0.134. The average Bonchev–Trinajstić information content (AvgIpc) is 2.80. The van der Waals surface area contributed by atoms with Crippen molar-refractivity contribution in [1.29, 1.82) is 0 Å². The second-order valence-electron chi connectivity index (χ2n) is 7.57. The van der Waals surface area contributed by atoms with E-state index in [1.807, 2.05) is 30.4 Å². The molecular formula is C25H26ClFN4O4. The quantitative estimate of drug-likeness (QED) is 0.287.